The first-order valence-electron chi connectivity index (χ1n) is 7.74. The molecule has 0 bridgehead atoms. The standard InChI is InChI=1S/C18H21N3O2S/c1-12(2)10-17(22)20-15-7-5-14(6-8-15)18(23)21-19-11-16-9-4-13(3)24-16/h4-9,11-12H,10H2,1-3H3,(H,20,22)(H,21,23)/b19-11+. The van der Waals surface area contributed by atoms with Crippen molar-refractivity contribution in [1.29, 1.82) is 0 Å². The van der Waals surface area contributed by atoms with Crippen LogP contribution in [0.4, 0.5) is 5.69 Å². The van der Waals surface area contributed by atoms with Gasteiger partial charge in [-0.05, 0) is 49.2 Å². The third kappa shape index (κ3) is 5.62. The molecule has 126 valence electrons. The molecule has 0 atom stereocenters. The summed E-state index contributed by atoms with van der Waals surface area (Å²) in [6, 6.07) is 10.7. The molecule has 1 aromatic heterocycles. The molecule has 2 aromatic rings. The van der Waals surface area contributed by atoms with Gasteiger partial charge in [-0.2, -0.15) is 5.10 Å². The summed E-state index contributed by atoms with van der Waals surface area (Å²) in [7, 11) is 0. The number of rotatable bonds is 6. The summed E-state index contributed by atoms with van der Waals surface area (Å²) >= 11 is 1.61. The molecular formula is C18H21N3O2S. The molecule has 0 fully saturated rings. The smallest absolute Gasteiger partial charge is 0.271 e. The molecule has 0 radical (unpaired) electrons. The number of hydrazone groups is 1. The van der Waals surface area contributed by atoms with Gasteiger partial charge in [-0.25, -0.2) is 5.43 Å². The second kappa shape index (κ2) is 8.40. The molecule has 2 rings (SSSR count). The Labute approximate surface area is 145 Å². The summed E-state index contributed by atoms with van der Waals surface area (Å²) < 4.78 is 0. The Morgan fingerprint density at radius 3 is 2.46 bits per heavy atom. The van der Waals surface area contributed by atoms with Crippen LogP contribution in [0, 0.1) is 12.8 Å². The van der Waals surface area contributed by atoms with Gasteiger partial charge in [0.05, 0.1) is 6.21 Å². The summed E-state index contributed by atoms with van der Waals surface area (Å²) in [5.74, 6) is -0.0160. The lowest BCUT2D eigenvalue weighted by Crippen LogP contribution is -2.18. The first-order valence-corrected chi connectivity index (χ1v) is 8.55. The Balaban J connectivity index is 1.89. The quantitative estimate of drug-likeness (QED) is 0.618. The van der Waals surface area contributed by atoms with Gasteiger partial charge in [-0.15, -0.1) is 11.3 Å². The number of aryl methyl sites for hydroxylation is 1. The highest BCUT2D eigenvalue weighted by atomic mass is 32.1. The third-order valence-electron chi connectivity index (χ3n) is 3.14. The Morgan fingerprint density at radius 1 is 1.17 bits per heavy atom. The van der Waals surface area contributed by atoms with Crippen LogP contribution in [0.1, 0.15) is 40.4 Å². The monoisotopic (exact) mass is 343 g/mol. The van der Waals surface area contributed by atoms with Crippen molar-refractivity contribution >= 4 is 35.1 Å². The Hall–Kier alpha value is -2.47. The van der Waals surface area contributed by atoms with Crippen molar-refractivity contribution in [1.82, 2.24) is 5.43 Å². The average molecular weight is 343 g/mol. The zero-order valence-corrected chi connectivity index (χ0v) is 14.8. The SMILES string of the molecule is Cc1ccc(/C=N/NC(=O)c2ccc(NC(=O)CC(C)C)cc2)s1. The van der Waals surface area contributed by atoms with Crippen molar-refractivity contribution in [3.8, 4) is 0 Å². The molecule has 2 amide bonds. The van der Waals surface area contributed by atoms with Crippen LogP contribution in [0.5, 0.6) is 0 Å². The number of nitrogens with one attached hydrogen (secondary N) is 2. The molecule has 0 aliphatic carbocycles. The number of benzene rings is 1. The van der Waals surface area contributed by atoms with E-state index in [1.165, 1.54) is 4.88 Å². The number of anilines is 1. The van der Waals surface area contributed by atoms with Crippen LogP contribution in [0.25, 0.3) is 0 Å². The fraction of sp³-hybridized carbons (Fsp3) is 0.278. The van der Waals surface area contributed by atoms with Gasteiger partial charge in [-0.3, -0.25) is 9.59 Å². The number of hydrogen-bond acceptors (Lipinski definition) is 4. The van der Waals surface area contributed by atoms with Crippen molar-refractivity contribution in [3.63, 3.8) is 0 Å². The maximum Gasteiger partial charge on any atom is 0.271 e. The van der Waals surface area contributed by atoms with Gasteiger partial charge < -0.3 is 5.32 Å². The van der Waals surface area contributed by atoms with E-state index in [1.54, 1.807) is 41.8 Å². The average Bonchev–Trinajstić information content (AvgIpc) is 2.92. The molecule has 6 heteroatoms. The van der Waals surface area contributed by atoms with E-state index in [-0.39, 0.29) is 11.8 Å². The van der Waals surface area contributed by atoms with E-state index in [9.17, 15) is 9.59 Å². The largest absolute Gasteiger partial charge is 0.326 e. The van der Waals surface area contributed by atoms with E-state index >= 15 is 0 Å². The third-order valence-corrected chi connectivity index (χ3v) is 4.08. The van der Waals surface area contributed by atoms with Crippen molar-refractivity contribution in [2.75, 3.05) is 5.32 Å². The van der Waals surface area contributed by atoms with Gasteiger partial charge in [0.15, 0.2) is 0 Å². The maximum absolute atomic E-state index is 12.0. The maximum atomic E-state index is 12.0. The van der Waals surface area contributed by atoms with Gasteiger partial charge in [0.1, 0.15) is 0 Å². The molecule has 0 saturated carbocycles. The van der Waals surface area contributed by atoms with Crippen LogP contribution in [-0.2, 0) is 4.79 Å². The highest BCUT2D eigenvalue weighted by Gasteiger charge is 2.07. The van der Waals surface area contributed by atoms with Gasteiger partial charge in [0, 0.05) is 27.4 Å². The molecule has 0 aliphatic heterocycles. The lowest BCUT2D eigenvalue weighted by Gasteiger charge is -2.07. The second-order valence-electron chi connectivity index (χ2n) is 5.87. The first-order chi connectivity index (χ1) is 11.4. The molecule has 1 heterocycles. The Bertz CT molecular complexity index is 733. The van der Waals surface area contributed by atoms with Gasteiger partial charge in [0.2, 0.25) is 5.91 Å². The van der Waals surface area contributed by atoms with E-state index in [1.807, 2.05) is 32.9 Å². The molecule has 1 aromatic carbocycles. The van der Waals surface area contributed by atoms with E-state index in [0.717, 1.165) is 4.88 Å². The van der Waals surface area contributed by atoms with E-state index in [0.29, 0.717) is 23.6 Å². The van der Waals surface area contributed by atoms with Crippen LogP contribution < -0.4 is 10.7 Å². The van der Waals surface area contributed by atoms with Crippen molar-refractivity contribution in [2.45, 2.75) is 27.2 Å². The molecule has 0 spiro atoms. The van der Waals surface area contributed by atoms with Crippen molar-refractivity contribution in [3.05, 3.63) is 51.7 Å². The van der Waals surface area contributed by atoms with E-state index < -0.39 is 0 Å². The molecule has 2 N–H and O–H groups in total. The number of amides is 2. The van der Waals surface area contributed by atoms with Crippen LogP contribution in [0.3, 0.4) is 0 Å². The molecular weight excluding hydrogens is 322 g/mol. The van der Waals surface area contributed by atoms with Crippen LogP contribution in [0.2, 0.25) is 0 Å². The first kappa shape index (κ1) is 17.9. The number of nitrogens with zero attached hydrogens (tertiary/aromatic N) is 1. The molecule has 24 heavy (non-hydrogen) atoms. The number of thiophene rings is 1. The predicted molar refractivity (Wildman–Crippen MR) is 98.6 cm³/mol. The summed E-state index contributed by atoms with van der Waals surface area (Å²) in [5, 5.41) is 6.76. The molecule has 0 saturated heterocycles. The minimum atomic E-state index is -0.292. The topological polar surface area (TPSA) is 70.6 Å². The van der Waals surface area contributed by atoms with Crippen molar-refractivity contribution < 1.29 is 9.59 Å². The predicted octanol–water partition coefficient (Wildman–Crippen LogP) is 3.81. The summed E-state index contributed by atoms with van der Waals surface area (Å²) in [5.41, 5.74) is 3.65. The lowest BCUT2D eigenvalue weighted by molar-refractivity contribution is -0.116. The summed E-state index contributed by atoms with van der Waals surface area (Å²) in [4.78, 5) is 25.9. The molecule has 0 unspecified atom stereocenters. The number of hydrogen-bond donors (Lipinski definition) is 2. The fourth-order valence-corrected chi connectivity index (χ4v) is 2.78. The molecule has 5 nitrogen and oxygen atoms in total. The highest BCUT2D eigenvalue weighted by Crippen LogP contribution is 2.13. The Morgan fingerprint density at radius 2 is 1.88 bits per heavy atom. The van der Waals surface area contributed by atoms with E-state index in [2.05, 4.69) is 15.8 Å². The number of carbonyl (C=O) groups excluding carboxylic acids is 2. The summed E-state index contributed by atoms with van der Waals surface area (Å²) in [6.45, 7) is 6.00. The fourth-order valence-electron chi connectivity index (χ4n) is 2.03. The minimum absolute atomic E-state index is 0.0296. The molecule has 0 aliphatic rings. The van der Waals surface area contributed by atoms with Crippen LogP contribution in [-0.4, -0.2) is 18.0 Å². The lowest BCUT2D eigenvalue weighted by atomic mass is 10.1. The Kier molecular flexibility index (Phi) is 6.26. The minimum Gasteiger partial charge on any atom is -0.326 e. The van der Waals surface area contributed by atoms with Gasteiger partial charge in [-0.1, -0.05) is 13.8 Å². The van der Waals surface area contributed by atoms with Crippen LogP contribution in [0.15, 0.2) is 41.5 Å². The zero-order chi connectivity index (χ0) is 17.5. The van der Waals surface area contributed by atoms with Gasteiger partial charge in [0.25, 0.3) is 5.91 Å². The summed E-state index contributed by atoms with van der Waals surface area (Å²) in [6.07, 6.45) is 2.09. The van der Waals surface area contributed by atoms with Crippen LogP contribution >= 0.6 is 11.3 Å². The normalized spacial score (nSPS) is 11.0. The van der Waals surface area contributed by atoms with Gasteiger partial charge >= 0.3 is 0 Å². The number of carbonyl (C=O) groups is 2. The second-order valence-corrected chi connectivity index (χ2v) is 7.19. The highest BCUT2D eigenvalue weighted by molar-refractivity contribution is 7.13. The van der Waals surface area contributed by atoms with E-state index in [4.69, 9.17) is 0 Å². The van der Waals surface area contributed by atoms with Crippen molar-refractivity contribution in [2.24, 2.45) is 11.0 Å². The zero-order valence-electron chi connectivity index (χ0n) is 14.0.